The Kier molecular flexibility index (Phi) is 3.25. The molecule has 0 atom stereocenters. The van der Waals surface area contributed by atoms with Gasteiger partial charge in [0, 0.05) is 12.0 Å². The van der Waals surface area contributed by atoms with Crippen LogP contribution in [-0.4, -0.2) is 28.7 Å². The fourth-order valence-electron chi connectivity index (χ4n) is 1.91. The zero-order valence-electron chi connectivity index (χ0n) is 10.7. The summed E-state index contributed by atoms with van der Waals surface area (Å²) in [6, 6.07) is 5.56. The van der Waals surface area contributed by atoms with E-state index in [1.165, 1.54) is 0 Å². The summed E-state index contributed by atoms with van der Waals surface area (Å²) in [5.74, 6) is -0.635. The molecule has 0 unspecified atom stereocenters. The third-order valence-electron chi connectivity index (χ3n) is 3.11. The Morgan fingerprint density at radius 1 is 1.32 bits per heavy atom. The van der Waals surface area contributed by atoms with Gasteiger partial charge in [-0.05, 0) is 17.7 Å². The highest BCUT2D eigenvalue weighted by atomic mass is 16.2. The molecule has 2 rings (SSSR count). The van der Waals surface area contributed by atoms with Gasteiger partial charge in [0.15, 0.2) is 0 Å². The second kappa shape index (κ2) is 4.72. The largest absolute Gasteiger partial charge is 0.349 e. The van der Waals surface area contributed by atoms with Gasteiger partial charge in [0.05, 0.1) is 11.0 Å². The first kappa shape index (κ1) is 13.1. The summed E-state index contributed by atoms with van der Waals surface area (Å²) >= 11 is 0. The smallest absolute Gasteiger partial charge is 0.323 e. The second-order valence-corrected chi connectivity index (χ2v) is 5.06. The van der Waals surface area contributed by atoms with Gasteiger partial charge in [-0.25, -0.2) is 4.79 Å². The number of nitrogens with one attached hydrogen (secondary N) is 3. The van der Waals surface area contributed by atoms with E-state index in [0.29, 0.717) is 6.54 Å². The lowest BCUT2D eigenvalue weighted by Crippen LogP contribution is -2.37. The van der Waals surface area contributed by atoms with Crippen molar-refractivity contribution < 1.29 is 9.59 Å². The lowest BCUT2D eigenvalue weighted by molar-refractivity contribution is -0.131. The second-order valence-electron chi connectivity index (χ2n) is 5.06. The maximum atomic E-state index is 11.2. The quantitative estimate of drug-likeness (QED) is 0.551. The molecule has 3 N–H and O–H groups in total. The van der Waals surface area contributed by atoms with Crippen LogP contribution in [0.2, 0.25) is 0 Å². The topological polar surface area (TPSA) is 94.8 Å². The SMILES string of the molecule is CC(C)(CNC(=O)C=O)c1ccc2[nH]c(=O)[nH]c2c1. The maximum Gasteiger partial charge on any atom is 0.323 e. The summed E-state index contributed by atoms with van der Waals surface area (Å²) in [4.78, 5) is 37.8. The molecular weight excluding hydrogens is 246 g/mol. The van der Waals surface area contributed by atoms with Gasteiger partial charge in [-0.1, -0.05) is 19.9 Å². The number of aldehydes is 1. The first-order valence-corrected chi connectivity index (χ1v) is 5.88. The average Bonchev–Trinajstić information content (AvgIpc) is 2.74. The normalized spacial score (nSPS) is 11.5. The van der Waals surface area contributed by atoms with Crippen LogP contribution in [0, 0.1) is 0 Å². The van der Waals surface area contributed by atoms with E-state index < -0.39 is 5.91 Å². The Labute approximate surface area is 109 Å². The van der Waals surface area contributed by atoms with Crippen LogP contribution in [0.1, 0.15) is 19.4 Å². The predicted octanol–water partition coefficient (Wildman–Crippen LogP) is 0.449. The van der Waals surface area contributed by atoms with Crippen LogP contribution in [-0.2, 0) is 15.0 Å². The van der Waals surface area contributed by atoms with E-state index in [9.17, 15) is 14.4 Å². The van der Waals surface area contributed by atoms with Gasteiger partial charge in [0.1, 0.15) is 0 Å². The van der Waals surface area contributed by atoms with Crippen molar-refractivity contribution in [1.82, 2.24) is 15.3 Å². The van der Waals surface area contributed by atoms with E-state index in [-0.39, 0.29) is 17.4 Å². The minimum Gasteiger partial charge on any atom is -0.349 e. The molecule has 0 bridgehead atoms. The van der Waals surface area contributed by atoms with Crippen molar-refractivity contribution in [1.29, 1.82) is 0 Å². The van der Waals surface area contributed by atoms with Gasteiger partial charge in [0.2, 0.25) is 6.29 Å². The number of imidazole rings is 1. The monoisotopic (exact) mass is 261 g/mol. The Balaban J connectivity index is 2.28. The number of carbonyl (C=O) groups is 2. The Morgan fingerprint density at radius 3 is 2.68 bits per heavy atom. The molecule has 0 fully saturated rings. The number of rotatable bonds is 4. The van der Waals surface area contributed by atoms with Crippen LogP contribution < -0.4 is 11.0 Å². The van der Waals surface area contributed by atoms with E-state index in [4.69, 9.17) is 0 Å². The van der Waals surface area contributed by atoms with Crippen molar-refractivity contribution in [2.24, 2.45) is 0 Å². The fraction of sp³-hybridized carbons (Fsp3) is 0.308. The third-order valence-corrected chi connectivity index (χ3v) is 3.11. The Hall–Kier alpha value is -2.37. The van der Waals surface area contributed by atoms with Crippen molar-refractivity contribution in [2.75, 3.05) is 6.54 Å². The molecule has 6 nitrogen and oxygen atoms in total. The first-order chi connectivity index (χ1) is 8.92. The van der Waals surface area contributed by atoms with Crippen LogP contribution in [0.3, 0.4) is 0 Å². The molecular formula is C13H15N3O3. The van der Waals surface area contributed by atoms with Crippen molar-refractivity contribution in [3.63, 3.8) is 0 Å². The molecule has 0 aliphatic carbocycles. The average molecular weight is 261 g/mol. The molecule has 2 aromatic rings. The summed E-state index contributed by atoms with van der Waals surface area (Å²) < 4.78 is 0. The highest BCUT2D eigenvalue weighted by Crippen LogP contribution is 2.24. The summed E-state index contributed by atoms with van der Waals surface area (Å²) in [7, 11) is 0. The van der Waals surface area contributed by atoms with Crippen molar-refractivity contribution >= 4 is 23.2 Å². The van der Waals surface area contributed by atoms with Crippen molar-refractivity contribution in [2.45, 2.75) is 19.3 Å². The highest BCUT2D eigenvalue weighted by Gasteiger charge is 2.22. The van der Waals surface area contributed by atoms with Gasteiger partial charge in [-0.2, -0.15) is 0 Å². The van der Waals surface area contributed by atoms with Gasteiger partial charge in [0.25, 0.3) is 5.91 Å². The van der Waals surface area contributed by atoms with Crippen molar-refractivity contribution in [3.8, 4) is 0 Å². The number of benzene rings is 1. The summed E-state index contributed by atoms with van der Waals surface area (Å²) in [5.41, 5.74) is 1.82. The summed E-state index contributed by atoms with van der Waals surface area (Å²) in [6.07, 6.45) is 0.253. The minimum atomic E-state index is -0.635. The van der Waals surface area contributed by atoms with E-state index >= 15 is 0 Å². The van der Waals surface area contributed by atoms with Crippen molar-refractivity contribution in [3.05, 3.63) is 34.2 Å². The van der Waals surface area contributed by atoms with Gasteiger partial charge >= 0.3 is 5.69 Å². The Morgan fingerprint density at radius 2 is 2.00 bits per heavy atom. The molecule has 1 aromatic heterocycles. The lowest BCUT2D eigenvalue weighted by atomic mass is 9.84. The number of hydrogen-bond donors (Lipinski definition) is 3. The number of amides is 1. The summed E-state index contributed by atoms with van der Waals surface area (Å²) in [6.45, 7) is 4.23. The number of H-pyrrole nitrogens is 2. The van der Waals surface area contributed by atoms with Gasteiger partial charge in [-0.3, -0.25) is 9.59 Å². The molecule has 6 heteroatoms. The molecule has 1 amide bonds. The van der Waals surface area contributed by atoms with Crippen LogP contribution >= 0.6 is 0 Å². The number of carbonyl (C=O) groups excluding carboxylic acids is 2. The van der Waals surface area contributed by atoms with Crippen LogP contribution in [0.25, 0.3) is 11.0 Å². The zero-order valence-corrected chi connectivity index (χ0v) is 10.7. The van der Waals surface area contributed by atoms with E-state index in [1.54, 1.807) is 0 Å². The minimum absolute atomic E-state index is 0.251. The van der Waals surface area contributed by atoms with Gasteiger partial charge in [-0.15, -0.1) is 0 Å². The third kappa shape index (κ3) is 2.73. The van der Waals surface area contributed by atoms with Crippen LogP contribution in [0.5, 0.6) is 0 Å². The number of hydrogen-bond acceptors (Lipinski definition) is 3. The standard InChI is InChI=1S/C13H15N3O3/c1-13(2,7-14-11(18)6-17)8-3-4-9-10(5-8)16-12(19)15-9/h3-6H,7H2,1-2H3,(H,14,18)(H2,15,16,19). The number of fused-ring (bicyclic) bond motifs is 1. The highest BCUT2D eigenvalue weighted by molar-refractivity contribution is 6.23. The summed E-state index contributed by atoms with van der Waals surface area (Å²) in [5, 5.41) is 2.54. The molecule has 0 radical (unpaired) electrons. The molecule has 0 spiro atoms. The Bertz CT molecular complexity index is 682. The molecule has 1 aromatic carbocycles. The fourth-order valence-corrected chi connectivity index (χ4v) is 1.91. The predicted molar refractivity (Wildman–Crippen MR) is 71.0 cm³/mol. The van der Waals surface area contributed by atoms with E-state index in [2.05, 4.69) is 15.3 Å². The first-order valence-electron chi connectivity index (χ1n) is 5.88. The molecule has 1 heterocycles. The molecule has 19 heavy (non-hydrogen) atoms. The molecule has 0 saturated carbocycles. The number of aromatic amines is 2. The van der Waals surface area contributed by atoms with Crippen LogP contribution in [0.4, 0.5) is 0 Å². The molecule has 0 aliphatic rings. The number of aromatic nitrogens is 2. The van der Waals surface area contributed by atoms with Gasteiger partial charge < -0.3 is 15.3 Å². The van der Waals surface area contributed by atoms with E-state index in [0.717, 1.165) is 16.6 Å². The zero-order chi connectivity index (χ0) is 14.0. The maximum absolute atomic E-state index is 11.2. The molecule has 0 saturated heterocycles. The molecule has 0 aliphatic heterocycles. The lowest BCUT2D eigenvalue weighted by Gasteiger charge is -2.25. The molecule has 100 valence electrons. The van der Waals surface area contributed by atoms with E-state index in [1.807, 2.05) is 32.0 Å². The van der Waals surface area contributed by atoms with Crippen LogP contribution in [0.15, 0.2) is 23.0 Å².